The average Bonchev–Trinajstić information content (AvgIpc) is 2.28. The third kappa shape index (κ3) is 10.2. The van der Waals surface area contributed by atoms with Gasteiger partial charge in [0, 0.05) is 18.6 Å². The number of pyridine rings is 1. The molecular formula is C12H21NO4S. The molecule has 0 fully saturated rings. The standard InChI is InChI=1S/C10H16N.C2H6O4S/c1-3-4-7-11-8-5-10(2)6-9-11;1-2-6-7(3,4)5/h5-6,8-9H,3-4,7H2,1-2H3;2H2,1H3,(H,3,4,5)/q+1;/p-1. The van der Waals surface area contributed by atoms with Crippen LogP contribution in [0.2, 0.25) is 0 Å². The van der Waals surface area contributed by atoms with Crippen molar-refractivity contribution in [3.8, 4) is 0 Å². The third-order valence-corrected chi connectivity index (χ3v) is 2.61. The molecule has 6 heteroatoms. The van der Waals surface area contributed by atoms with Gasteiger partial charge in [-0.25, -0.2) is 13.0 Å². The first-order chi connectivity index (χ1) is 8.39. The third-order valence-electron chi connectivity index (χ3n) is 2.09. The van der Waals surface area contributed by atoms with E-state index in [9.17, 15) is 13.0 Å². The van der Waals surface area contributed by atoms with E-state index in [0.717, 1.165) is 6.54 Å². The molecule has 1 aromatic rings. The van der Waals surface area contributed by atoms with E-state index in [0.29, 0.717) is 0 Å². The summed E-state index contributed by atoms with van der Waals surface area (Å²) in [7, 11) is -4.42. The van der Waals surface area contributed by atoms with Gasteiger partial charge in [0.05, 0.1) is 6.61 Å². The maximum atomic E-state index is 9.45. The van der Waals surface area contributed by atoms with E-state index in [1.54, 1.807) is 0 Å². The van der Waals surface area contributed by atoms with Crippen LogP contribution >= 0.6 is 0 Å². The van der Waals surface area contributed by atoms with Crippen molar-refractivity contribution in [3.63, 3.8) is 0 Å². The monoisotopic (exact) mass is 275 g/mol. The van der Waals surface area contributed by atoms with Crippen LogP contribution in [0.15, 0.2) is 24.5 Å². The minimum atomic E-state index is -4.42. The van der Waals surface area contributed by atoms with Crippen molar-refractivity contribution >= 4 is 10.4 Å². The summed E-state index contributed by atoms with van der Waals surface area (Å²) >= 11 is 0. The van der Waals surface area contributed by atoms with E-state index >= 15 is 0 Å². The Morgan fingerprint density at radius 2 is 1.83 bits per heavy atom. The molecule has 0 saturated carbocycles. The van der Waals surface area contributed by atoms with Crippen molar-refractivity contribution in [1.82, 2.24) is 0 Å². The van der Waals surface area contributed by atoms with Crippen molar-refractivity contribution in [3.05, 3.63) is 30.1 Å². The highest BCUT2D eigenvalue weighted by molar-refractivity contribution is 7.80. The van der Waals surface area contributed by atoms with Crippen molar-refractivity contribution in [2.45, 2.75) is 40.2 Å². The molecule has 0 radical (unpaired) electrons. The predicted molar refractivity (Wildman–Crippen MR) is 67.6 cm³/mol. The van der Waals surface area contributed by atoms with Crippen LogP contribution in [-0.2, 0) is 21.1 Å². The van der Waals surface area contributed by atoms with Gasteiger partial charge in [-0.05, 0) is 19.4 Å². The summed E-state index contributed by atoms with van der Waals surface area (Å²) in [6.45, 7) is 6.82. The summed E-state index contributed by atoms with van der Waals surface area (Å²) in [5, 5.41) is 0. The average molecular weight is 275 g/mol. The highest BCUT2D eigenvalue weighted by Crippen LogP contribution is 1.91. The zero-order valence-electron chi connectivity index (χ0n) is 11.1. The largest absolute Gasteiger partial charge is 0.726 e. The second-order valence-corrected chi connectivity index (χ2v) is 4.83. The van der Waals surface area contributed by atoms with E-state index in [2.05, 4.69) is 47.1 Å². The number of unbranched alkanes of at least 4 members (excludes halogenated alkanes) is 1. The maximum Gasteiger partial charge on any atom is 0.217 e. The second-order valence-electron chi connectivity index (χ2n) is 3.78. The Morgan fingerprint density at radius 1 is 1.28 bits per heavy atom. The maximum absolute atomic E-state index is 9.45. The molecule has 1 rings (SSSR count). The molecule has 5 nitrogen and oxygen atoms in total. The summed E-state index contributed by atoms with van der Waals surface area (Å²) in [6, 6.07) is 4.30. The quantitative estimate of drug-likeness (QED) is 0.464. The van der Waals surface area contributed by atoms with Crippen molar-refractivity contribution in [1.29, 1.82) is 0 Å². The van der Waals surface area contributed by atoms with Crippen LogP contribution < -0.4 is 4.57 Å². The summed E-state index contributed by atoms with van der Waals surface area (Å²) < 4.78 is 34.2. The molecule has 0 N–H and O–H groups in total. The first-order valence-electron chi connectivity index (χ1n) is 5.95. The minimum Gasteiger partial charge on any atom is -0.726 e. The molecule has 0 spiro atoms. The molecule has 0 aliphatic carbocycles. The lowest BCUT2D eigenvalue weighted by molar-refractivity contribution is -0.697. The predicted octanol–water partition coefficient (Wildman–Crippen LogP) is 1.57. The van der Waals surface area contributed by atoms with Gasteiger partial charge < -0.3 is 4.55 Å². The fraction of sp³-hybridized carbons (Fsp3) is 0.583. The van der Waals surface area contributed by atoms with Gasteiger partial charge in [0.1, 0.15) is 6.54 Å². The van der Waals surface area contributed by atoms with Gasteiger partial charge in [0.25, 0.3) is 0 Å². The fourth-order valence-corrected chi connectivity index (χ4v) is 1.45. The van der Waals surface area contributed by atoms with Gasteiger partial charge in [-0.3, -0.25) is 4.18 Å². The van der Waals surface area contributed by atoms with Gasteiger partial charge in [-0.15, -0.1) is 0 Å². The molecule has 0 aromatic carbocycles. The van der Waals surface area contributed by atoms with Crippen molar-refractivity contribution in [2.75, 3.05) is 6.61 Å². The normalized spacial score (nSPS) is 10.7. The Morgan fingerprint density at radius 3 is 2.17 bits per heavy atom. The molecule has 0 bridgehead atoms. The number of hydrogen-bond donors (Lipinski definition) is 0. The van der Waals surface area contributed by atoms with Crippen LogP contribution in [0, 0.1) is 6.92 Å². The Bertz CT molecular complexity index is 414. The number of nitrogens with zero attached hydrogens (tertiary/aromatic N) is 1. The second kappa shape index (κ2) is 9.02. The van der Waals surface area contributed by atoms with E-state index < -0.39 is 10.4 Å². The summed E-state index contributed by atoms with van der Waals surface area (Å²) in [4.78, 5) is 0. The van der Waals surface area contributed by atoms with E-state index in [4.69, 9.17) is 0 Å². The lowest BCUT2D eigenvalue weighted by Crippen LogP contribution is -2.32. The Labute approximate surface area is 109 Å². The SMILES string of the molecule is CCCC[n+]1ccc(C)cc1.CCOS(=O)(=O)[O-]. The van der Waals surface area contributed by atoms with Gasteiger partial charge >= 0.3 is 0 Å². The van der Waals surface area contributed by atoms with E-state index in [-0.39, 0.29) is 6.61 Å². The van der Waals surface area contributed by atoms with E-state index in [1.807, 2.05) is 0 Å². The lowest BCUT2D eigenvalue weighted by atomic mass is 10.3. The minimum absolute atomic E-state index is 0.0914. The highest BCUT2D eigenvalue weighted by atomic mass is 32.3. The number of aryl methyl sites for hydroxylation is 2. The molecule has 0 unspecified atom stereocenters. The Kier molecular flexibility index (Phi) is 8.53. The molecule has 0 aliphatic rings. The van der Waals surface area contributed by atoms with Crippen LogP contribution in [0.1, 0.15) is 32.3 Å². The molecule has 104 valence electrons. The summed E-state index contributed by atoms with van der Waals surface area (Å²) in [6.07, 6.45) is 6.82. The van der Waals surface area contributed by atoms with Crippen LogP contribution in [0.25, 0.3) is 0 Å². The van der Waals surface area contributed by atoms with Gasteiger partial charge in [0.15, 0.2) is 12.4 Å². The molecular weight excluding hydrogens is 254 g/mol. The summed E-state index contributed by atoms with van der Waals surface area (Å²) in [5.74, 6) is 0. The first kappa shape index (κ1) is 17.0. The molecule has 0 atom stereocenters. The van der Waals surface area contributed by atoms with E-state index in [1.165, 1.54) is 25.3 Å². The molecule has 0 aliphatic heterocycles. The van der Waals surface area contributed by atoms with Gasteiger partial charge in [-0.1, -0.05) is 13.3 Å². The topological polar surface area (TPSA) is 70.3 Å². The highest BCUT2D eigenvalue weighted by Gasteiger charge is 1.96. The van der Waals surface area contributed by atoms with Crippen LogP contribution in [-0.4, -0.2) is 19.6 Å². The number of hydrogen-bond acceptors (Lipinski definition) is 4. The van der Waals surface area contributed by atoms with Crippen molar-refractivity contribution < 1.29 is 21.7 Å². The smallest absolute Gasteiger partial charge is 0.217 e. The lowest BCUT2D eigenvalue weighted by Gasteiger charge is -2.02. The van der Waals surface area contributed by atoms with Gasteiger partial charge in [-0.2, -0.15) is 0 Å². The fourth-order valence-electron chi connectivity index (χ4n) is 1.17. The molecule has 18 heavy (non-hydrogen) atoms. The number of rotatable bonds is 5. The van der Waals surface area contributed by atoms with Crippen LogP contribution in [0.3, 0.4) is 0 Å². The zero-order valence-corrected chi connectivity index (χ0v) is 11.9. The molecule has 1 aromatic heterocycles. The summed E-state index contributed by atoms with van der Waals surface area (Å²) in [5.41, 5.74) is 1.33. The Hall–Kier alpha value is -0.980. The van der Waals surface area contributed by atoms with Crippen LogP contribution in [0.5, 0.6) is 0 Å². The molecule has 0 saturated heterocycles. The molecule has 1 heterocycles. The van der Waals surface area contributed by atoms with Crippen LogP contribution in [0.4, 0.5) is 0 Å². The van der Waals surface area contributed by atoms with Gasteiger partial charge in [0.2, 0.25) is 10.4 Å². The number of aromatic nitrogens is 1. The first-order valence-corrected chi connectivity index (χ1v) is 7.28. The Balaban J connectivity index is 0.000000360. The zero-order chi connectivity index (χ0) is 14.0. The molecule has 0 amide bonds. The van der Waals surface area contributed by atoms with Crippen molar-refractivity contribution in [2.24, 2.45) is 0 Å².